The Labute approximate surface area is 324 Å². The highest BCUT2D eigenvalue weighted by atomic mass is 31.2. The van der Waals surface area contributed by atoms with E-state index in [0.29, 0.717) is 23.9 Å². The molecule has 3 atom stereocenters. The van der Waals surface area contributed by atoms with Crippen molar-refractivity contribution in [1.29, 1.82) is 0 Å². The minimum atomic E-state index is -4.64. The summed E-state index contributed by atoms with van der Waals surface area (Å²) in [6, 6.07) is 0. The number of phosphoric ester groups is 1. The third-order valence-electron chi connectivity index (χ3n) is 8.78. The Bertz CT molecular complexity index is 1020. The molecule has 0 heterocycles. The predicted octanol–water partition coefficient (Wildman–Crippen LogP) is 9.69. The number of carbonyl (C=O) groups is 2. The molecule has 0 fully saturated rings. The van der Waals surface area contributed by atoms with E-state index < -0.39 is 38.6 Å². The number of rotatable bonds is 37. The SMILES string of the molecule is CC/C=C/C/C=C/C=C/C(O)CCCCCCCC(=O)O[C@H](COC(=O)CCCCCCCCCCCCCCC)COP(=O)([O-])OCC[N+](C)(C)C. The summed E-state index contributed by atoms with van der Waals surface area (Å²) in [5, 5.41) is 10.1. The monoisotopic (exact) mass is 772 g/mol. The number of phosphoric acid groups is 1. The smallest absolute Gasteiger partial charge is 0.306 e. The van der Waals surface area contributed by atoms with E-state index in [2.05, 4.69) is 32.1 Å². The number of allylic oxidation sites excluding steroid dienone is 5. The lowest BCUT2D eigenvalue weighted by molar-refractivity contribution is -0.870. The zero-order chi connectivity index (χ0) is 39.5. The maximum absolute atomic E-state index is 12.6. The zero-order valence-corrected chi connectivity index (χ0v) is 35.2. The summed E-state index contributed by atoms with van der Waals surface area (Å²) in [7, 11) is 1.10. The number of likely N-dealkylation sites (N-methyl/N-ethyl adjacent to an activating group) is 1. The number of esters is 2. The van der Waals surface area contributed by atoms with Gasteiger partial charge in [0.2, 0.25) is 0 Å². The normalized spacial score (nSPS) is 14.6. The first-order valence-corrected chi connectivity index (χ1v) is 22.3. The van der Waals surface area contributed by atoms with E-state index >= 15 is 0 Å². The van der Waals surface area contributed by atoms with Crippen LogP contribution in [0.4, 0.5) is 0 Å². The number of carbonyl (C=O) groups excluding carboxylic acids is 2. The Morgan fingerprint density at radius 3 is 1.81 bits per heavy atom. The molecule has 2 unspecified atom stereocenters. The van der Waals surface area contributed by atoms with Crippen LogP contribution in [0, 0.1) is 0 Å². The fraction of sp³-hybridized carbons (Fsp3) is 0.810. The average molecular weight is 772 g/mol. The highest BCUT2D eigenvalue weighted by Crippen LogP contribution is 2.38. The number of aliphatic hydroxyl groups excluding tert-OH is 1. The van der Waals surface area contributed by atoms with Crippen LogP contribution in [0.25, 0.3) is 0 Å². The maximum Gasteiger partial charge on any atom is 0.306 e. The fourth-order valence-electron chi connectivity index (χ4n) is 5.48. The largest absolute Gasteiger partial charge is 0.756 e. The molecule has 0 aromatic rings. The molecule has 0 rings (SSSR count). The van der Waals surface area contributed by atoms with Crippen molar-refractivity contribution in [2.45, 2.75) is 174 Å². The maximum atomic E-state index is 12.6. The summed E-state index contributed by atoms with van der Waals surface area (Å²) in [6.07, 6.45) is 33.3. The van der Waals surface area contributed by atoms with Gasteiger partial charge in [-0.2, -0.15) is 0 Å². The number of hydrogen-bond acceptors (Lipinski definition) is 9. The lowest BCUT2D eigenvalue weighted by Gasteiger charge is -2.28. The third-order valence-corrected chi connectivity index (χ3v) is 9.74. The molecule has 1 N–H and O–H groups in total. The van der Waals surface area contributed by atoms with E-state index in [1.807, 2.05) is 33.3 Å². The Kier molecular flexibility index (Phi) is 33.5. The second kappa shape index (κ2) is 34.7. The molecule has 310 valence electrons. The Balaban J connectivity index is 4.48. The van der Waals surface area contributed by atoms with Gasteiger partial charge in [0, 0.05) is 12.8 Å². The van der Waals surface area contributed by atoms with Crippen LogP contribution in [-0.4, -0.2) is 81.2 Å². The van der Waals surface area contributed by atoms with Crippen molar-refractivity contribution >= 4 is 19.8 Å². The fourth-order valence-corrected chi connectivity index (χ4v) is 6.21. The van der Waals surface area contributed by atoms with Crippen molar-refractivity contribution in [1.82, 2.24) is 0 Å². The molecule has 0 saturated carbocycles. The van der Waals surface area contributed by atoms with Crippen molar-refractivity contribution in [2.24, 2.45) is 0 Å². The van der Waals surface area contributed by atoms with Gasteiger partial charge in [-0.05, 0) is 32.1 Å². The first kappa shape index (κ1) is 51.2. The van der Waals surface area contributed by atoms with E-state index in [1.165, 1.54) is 64.2 Å². The first-order chi connectivity index (χ1) is 25.4. The molecule has 0 aliphatic heterocycles. The van der Waals surface area contributed by atoms with Crippen LogP contribution in [0.1, 0.15) is 162 Å². The molecule has 0 aliphatic carbocycles. The number of ether oxygens (including phenoxy) is 2. The Hall–Kier alpha value is -1.81. The van der Waals surface area contributed by atoms with Crippen molar-refractivity contribution in [2.75, 3.05) is 47.5 Å². The summed E-state index contributed by atoms with van der Waals surface area (Å²) >= 11 is 0. The van der Waals surface area contributed by atoms with Crippen molar-refractivity contribution < 1.29 is 47.2 Å². The van der Waals surface area contributed by atoms with Crippen LogP contribution < -0.4 is 4.89 Å². The van der Waals surface area contributed by atoms with Gasteiger partial charge in [0.15, 0.2) is 6.10 Å². The van der Waals surface area contributed by atoms with Gasteiger partial charge >= 0.3 is 11.9 Å². The van der Waals surface area contributed by atoms with Gasteiger partial charge in [-0.1, -0.05) is 153 Å². The molecule has 0 aromatic carbocycles. The Morgan fingerprint density at radius 1 is 0.698 bits per heavy atom. The van der Waals surface area contributed by atoms with Crippen LogP contribution in [0.3, 0.4) is 0 Å². The van der Waals surface area contributed by atoms with Crippen molar-refractivity contribution in [3.8, 4) is 0 Å². The molecule has 53 heavy (non-hydrogen) atoms. The molecule has 0 bridgehead atoms. The number of quaternary nitrogens is 1. The van der Waals surface area contributed by atoms with Gasteiger partial charge in [0.05, 0.1) is 33.9 Å². The molecule has 11 heteroatoms. The van der Waals surface area contributed by atoms with E-state index in [-0.39, 0.29) is 26.1 Å². The first-order valence-electron chi connectivity index (χ1n) is 20.8. The van der Waals surface area contributed by atoms with Gasteiger partial charge in [0.1, 0.15) is 19.8 Å². The number of hydrogen-bond donors (Lipinski definition) is 1. The van der Waals surface area contributed by atoms with Gasteiger partial charge in [0.25, 0.3) is 7.82 Å². The van der Waals surface area contributed by atoms with Gasteiger partial charge in [-0.25, -0.2) is 0 Å². The summed E-state index contributed by atoms with van der Waals surface area (Å²) in [5.41, 5.74) is 0. The standard InChI is InChI=1S/C42H78NO9P/c1-6-8-10-12-14-15-16-17-18-19-21-25-29-33-41(45)49-37-40(38-51-53(47,48)50-36-35-43(3,4)5)52-42(46)34-30-26-22-24-28-32-39(44)31-27-23-20-13-11-9-7-2/h9,11,20,23,27,31,39-40,44H,6-8,10,12-19,21-22,24-26,28-30,32-38H2,1-5H3/b11-9+,23-20+,31-27+/t39?,40-/m1/s1. The lowest BCUT2D eigenvalue weighted by Crippen LogP contribution is -2.37. The van der Waals surface area contributed by atoms with Crippen LogP contribution in [-0.2, 0) is 32.7 Å². The number of unbranched alkanes of at least 4 members (excludes halogenated alkanes) is 16. The molecule has 0 aromatic heterocycles. The van der Waals surface area contributed by atoms with Crippen LogP contribution in [0.5, 0.6) is 0 Å². The summed E-state index contributed by atoms with van der Waals surface area (Å²) in [4.78, 5) is 37.4. The van der Waals surface area contributed by atoms with E-state index in [9.17, 15) is 24.2 Å². The minimum Gasteiger partial charge on any atom is -0.756 e. The highest BCUT2D eigenvalue weighted by Gasteiger charge is 2.21. The lowest BCUT2D eigenvalue weighted by atomic mass is 10.0. The zero-order valence-electron chi connectivity index (χ0n) is 34.3. The van der Waals surface area contributed by atoms with Gasteiger partial charge < -0.3 is 33.0 Å². The van der Waals surface area contributed by atoms with Crippen molar-refractivity contribution in [3.63, 3.8) is 0 Å². The second-order valence-electron chi connectivity index (χ2n) is 15.2. The molecule has 0 aliphatic rings. The predicted molar refractivity (Wildman–Crippen MR) is 214 cm³/mol. The molecular weight excluding hydrogens is 693 g/mol. The van der Waals surface area contributed by atoms with Crippen molar-refractivity contribution in [3.05, 3.63) is 36.5 Å². The van der Waals surface area contributed by atoms with E-state index in [1.54, 1.807) is 6.08 Å². The van der Waals surface area contributed by atoms with Gasteiger partial charge in [-0.3, -0.25) is 14.2 Å². The topological polar surface area (TPSA) is 131 Å². The summed E-state index contributed by atoms with van der Waals surface area (Å²) in [5.74, 6) is -0.910. The molecular formula is C42H78NO9P. The third kappa shape index (κ3) is 38.3. The van der Waals surface area contributed by atoms with Crippen LogP contribution in [0.15, 0.2) is 36.5 Å². The number of aliphatic hydroxyl groups is 1. The quantitative estimate of drug-likeness (QED) is 0.0164. The van der Waals surface area contributed by atoms with Crippen LogP contribution in [0.2, 0.25) is 0 Å². The minimum absolute atomic E-state index is 0.0486. The van der Waals surface area contributed by atoms with Crippen LogP contribution >= 0.6 is 7.82 Å². The molecule has 10 nitrogen and oxygen atoms in total. The highest BCUT2D eigenvalue weighted by molar-refractivity contribution is 7.45. The van der Waals surface area contributed by atoms with Gasteiger partial charge in [-0.15, -0.1) is 0 Å². The summed E-state index contributed by atoms with van der Waals surface area (Å²) in [6.45, 7) is 3.97. The Morgan fingerprint density at radius 2 is 1.25 bits per heavy atom. The molecule has 0 amide bonds. The average Bonchev–Trinajstić information content (AvgIpc) is 3.10. The van der Waals surface area contributed by atoms with E-state index in [0.717, 1.165) is 57.8 Å². The van der Waals surface area contributed by atoms with E-state index in [4.69, 9.17) is 18.5 Å². The number of nitrogens with zero attached hydrogens (tertiary/aromatic N) is 1. The molecule has 0 spiro atoms. The summed E-state index contributed by atoms with van der Waals surface area (Å²) < 4.78 is 33.8. The second-order valence-corrected chi connectivity index (χ2v) is 16.6. The molecule has 0 saturated heterocycles. The molecule has 0 radical (unpaired) electrons.